The molecule has 0 aromatic heterocycles. The van der Waals surface area contributed by atoms with E-state index >= 15 is 0 Å². The molecule has 1 aliphatic heterocycles. The highest BCUT2D eigenvalue weighted by Crippen LogP contribution is 2.79. The zero-order valence-corrected chi connectivity index (χ0v) is 22.5. The lowest BCUT2D eigenvalue weighted by Gasteiger charge is -2.69. The Balaban J connectivity index is 1.61. The molecule has 5 saturated carbocycles. The molecule has 1 heterocycles. The number of methoxy groups -OCH3 is 1. The van der Waals surface area contributed by atoms with Gasteiger partial charge in [-0.25, -0.2) is 0 Å². The molecule has 36 heavy (non-hydrogen) atoms. The minimum absolute atomic E-state index is 0.0354. The van der Waals surface area contributed by atoms with Crippen LogP contribution >= 0.6 is 0 Å². The Bertz CT molecular complexity index is 985. The van der Waals surface area contributed by atoms with Gasteiger partial charge in [-0.3, -0.25) is 19.3 Å². The summed E-state index contributed by atoms with van der Waals surface area (Å²) in [5, 5.41) is 0. The first-order chi connectivity index (χ1) is 17.0. The van der Waals surface area contributed by atoms with Gasteiger partial charge >= 0.3 is 17.9 Å². The molecule has 0 N–H and O–H groups in total. The van der Waals surface area contributed by atoms with Crippen molar-refractivity contribution >= 4 is 17.9 Å². The van der Waals surface area contributed by atoms with Crippen LogP contribution in [-0.2, 0) is 33.3 Å². The average molecular weight is 504 g/mol. The van der Waals surface area contributed by atoms with Gasteiger partial charge in [-0.15, -0.1) is 0 Å². The van der Waals surface area contributed by atoms with Gasteiger partial charge in [-0.2, -0.15) is 0 Å². The molecular weight excluding hydrogens is 462 g/mol. The number of hydrogen-bond acceptors (Lipinski definition) is 8. The zero-order chi connectivity index (χ0) is 25.8. The Morgan fingerprint density at radius 3 is 2.33 bits per heavy atom. The zero-order valence-electron chi connectivity index (χ0n) is 22.5. The normalized spacial score (nSPS) is 52.0. The van der Waals surface area contributed by atoms with Crippen LogP contribution in [0.5, 0.6) is 0 Å². The molecule has 0 aromatic rings. The van der Waals surface area contributed by atoms with Crippen LogP contribution in [0.25, 0.3) is 0 Å². The maximum Gasteiger partial charge on any atom is 0.303 e. The van der Waals surface area contributed by atoms with Gasteiger partial charge in [0.05, 0.1) is 6.10 Å². The first-order valence-electron chi connectivity index (χ1n) is 13.8. The van der Waals surface area contributed by atoms with Crippen molar-refractivity contribution in [3.05, 3.63) is 0 Å². The summed E-state index contributed by atoms with van der Waals surface area (Å²) in [6, 6.07) is 0.151. The molecular formula is C28H41NO7. The number of rotatable bonds is 5. The highest BCUT2D eigenvalue weighted by Gasteiger charge is 2.85. The molecule has 7 bridgehead atoms. The van der Waals surface area contributed by atoms with Crippen molar-refractivity contribution in [2.75, 3.05) is 20.2 Å². The quantitative estimate of drug-likeness (QED) is 0.418. The van der Waals surface area contributed by atoms with Gasteiger partial charge in [-0.1, -0.05) is 13.8 Å². The molecule has 0 amide bonds. The minimum atomic E-state index is -0.767. The maximum absolute atomic E-state index is 12.8. The summed E-state index contributed by atoms with van der Waals surface area (Å²) >= 11 is 0. The third-order valence-electron chi connectivity index (χ3n) is 11.5. The van der Waals surface area contributed by atoms with E-state index in [0.717, 1.165) is 38.8 Å². The number of hydrogen-bond donors (Lipinski definition) is 0. The van der Waals surface area contributed by atoms with Gasteiger partial charge < -0.3 is 18.9 Å². The molecule has 6 aliphatic rings. The van der Waals surface area contributed by atoms with E-state index < -0.39 is 5.60 Å². The molecule has 12 atom stereocenters. The Kier molecular flexibility index (Phi) is 5.42. The Hall–Kier alpha value is -1.67. The fourth-order valence-electron chi connectivity index (χ4n) is 11.1. The topological polar surface area (TPSA) is 91.4 Å². The van der Waals surface area contributed by atoms with E-state index in [1.54, 1.807) is 7.11 Å². The summed E-state index contributed by atoms with van der Waals surface area (Å²) in [5.74, 6) is -0.373. The number of fused-ring (bicyclic) bond motifs is 2. The van der Waals surface area contributed by atoms with Gasteiger partial charge in [-0.05, 0) is 49.5 Å². The van der Waals surface area contributed by atoms with Crippen molar-refractivity contribution < 1.29 is 33.3 Å². The number of piperidine rings is 1. The average Bonchev–Trinajstić information content (AvgIpc) is 3.23. The molecule has 1 saturated heterocycles. The number of carbonyl (C=O) groups is 3. The summed E-state index contributed by atoms with van der Waals surface area (Å²) < 4.78 is 24.9. The first kappa shape index (κ1) is 24.7. The van der Waals surface area contributed by atoms with Crippen LogP contribution in [0.2, 0.25) is 0 Å². The summed E-state index contributed by atoms with van der Waals surface area (Å²) in [6.07, 6.45) is 3.54. The molecule has 8 nitrogen and oxygen atoms in total. The van der Waals surface area contributed by atoms with E-state index in [-0.39, 0.29) is 76.8 Å². The maximum atomic E-state index is 12.8. The molecule has 0 radical (unpaired) electrons. The highest BCUT2D eigenvalue weighted by molar-refractivity contribution is 5.68. The molecule has 1 spiro atoms. The van der Waals surface area contributed by atoms with Gasteiger partial charge in [0.1, 0.15) is 17.8 Å². The number of nitrogens with zero attached hydrogens (tertiary/aromatic N) is 1. The lowest BCUT2D eigenvalue weighted by Crippen LogP contribution is -2.76. The second-order valence-electron chi connectivity index (χ2n) is 12.8. The fraction of sp³-hybridized carbons (Fsp3) is 0.893. The number of esters is 3. The number of ether oxygens (including phenoxy) is 4. The van der Waals surface area contributed by atoms with Crippen LogP contribution in [0.15, 0.2) is 0 Å². The van der Waals surface area contributed by atoms with E-state index in [9.17, 15) is 14.4 Å². The molecule has 8 heteroatoms. The third kappa shape index (κ3) is 2.86. The van der Waals surface area contributed by atoms with Gasteiger partial charge in [0.25, 0.3) is 0 Å². The number of likely N-dealkylation sites (tertiary alicyclic amines) is 1. The Labute approximate surface area is 213 Å². The van der Waals surface area contributed by atoms with Crippen molar-refractivity contribution in [3.8, 4) is 0 Å². The van der Waals surface area contributed by atoms with Crippen molar-refractivity contribution in [1.29, 1.82) is 0 Å². The minimum Gasteiger partial charge on any atom is -0.462 e. The summed E-state index contributed by atoms with van der Waals surface area (Å²) in [5.41, 5.74) is -0.914. The largest absolute Gasteiger partial charge is 0.462 e. The van der Waals surface area contributed by atoms with Gasteiger partial charge in [0.2, 0.25) is 0 Å². The first-order valence-corrected chi connectivity index (χ1v) is 13.8. The molecule has 0 aromatic carbocycles. The van der Waals surface area contributed by atoms with Crippen LogP contribution in [0.1, 0.15) is 66.7 Å². The second-order valence-corrected chi connectivity index (χ2v) is 12.8. The smallest absolute Gasteiger partial charge is 0.303 e. The second kappa shape index (κ2) is 7.92. The Morgan fingerprint density at radius 1 is 1.00 bits per heavy atom. The van der Waals surface area contributed by atoms with Crippen LogP contribution in [0.3, 0.4) is 0 Å². The summed E-state index contributed by atoms with van der Waals surface area (Å²) in [7, 11) is 1.71. The predicted octanol–water partition coefficient (Wildman–Crippen LogP) is 2.96. The fourth-order valence-corrected chi connectivity index (χ4v) is 11.1. The Morgan fingerprint density at radius 2 is 1.72 bits per heavy atom. The predicted molar refractivity (Wildman–Crippen MR) is 129 cm³/mol. The van der Waals surface area contributed by atoms with E-state index in [0.29, 0.717) is 12.3 Å². The van der Waals surface area contributed by atoms with Crippen molar-refractivity contribution in [2.24, 2.45) is 40.4 Å². The van der Waals surface area contributed by atoms with Crippen molar-refractivity contribution in [2.45, 2.75) is 96.7 Å². The molecule has 5 aliphatic carbocycles. The standard InChI is InChI=1S/C28H41NO7/c1-7-29-13-26(5)9-8-22(34-14(2)30)28-18-10-17-20(33-6)12-27(36-16(4)32,19(25(28)29)11-21(26)28)23(18)24(17)35-15(3)31/h17-25H,7-13H2,1-6H3/t17-,18?,19-,20+,21?,22+,23?,24+,25?,26+,27+,28-/m1/s1. The molecule has 200 valence electrons. The van der Waals surface area contributed by atoms with E-state index in [4.69, 9.17) is 18.9 Å². The highest BCUT2D eigenvalue weighted by atomic mass is 16.6. The van der Waals surface area contributed by atoms with E-state index in [2.05, 4.69) is 18.7 Å². The van der Waals surface area contributed by atoms with E-state index in [1.807, 2.05) is 0 Å². The van der Waals surface area contributed by atoms with Crippen LogP contribution in [0, 0.1) is 40.4 Å². The SMILES string of the molecule is CCN1C[C@]2(C)CC[C@H](OC(C)=O)[C@@]34C5C[C@@H]6[C@@H](OC)C[C@@](OC(C)=O)(C5[C@H]6OC(C)=O)[C@H](CC23)C14. The molecule has 6 fully saturated rings. The summed E-state index contributed by atoms with van der Waals surface area (Å²) in [4.78, 5) is 40.2. The summed E-state index contributed by atoms with van der Waals surface area (Å²) in [6.45, 7) is 11.0. The molecule has 6 rings (SSSR count). The lowest BCUT2D eigenvalue weighted by molar-refractivity contribution is -0.275. The van der Waals surface area contributed by atoms with Crippen LogP contribution in [0.4, 0.5) is 0 Å². The van der Waals surface area contributed by atoms with Gasteiger partial charge in [0.15, 0.2) is 0 Å². The van der Waals surface area contributed by atoms with Crippen LogP contribution in [-0.4, -0.2) is 73.0 Å². The van der Waals surface area contributed by atoms with E-state index in [1.165, 1.54) is 20.8 Å². The number of carbonyl (C=O) groups excluding carboxylic acids is 3. The monoisotopic (exact) mass is 503 g/mol. The molecule has 4 unspecified atom stereocenters. The van der Waals surface area contributed by atoms with Crippen LogP contribution < -0.4 is 0 Å². The van der Waals surface area contributed by atoms with Crippen molar-refractivity contribution in [3.63, 3.8) is 0 Å². The van der Waals surface area contributed by atoms with Crippen molar-refractivity contribution in [1.82, 2.24) is 4.90 Å². The van der Waals surface area contributed by atoms with Gasteiger partial charge in [0, 0.05) is 70.1 Å². The lowest BCUT2D eigenvalue weighted by atomic mass is 9.43. The third-order valence-corrected chi connectivity index (χ3v) is 11.5.